The predicted octanol–water partition coefficient (Wildman–Crippen LogP) is 4.51. The smallest absolute Gasteiger partial charge is 0.358 e. The molecule has 0 aliphatic heterocycles. The van der Waals surface area contributed by atoms with Gasteiger partial charge in [0.1, 0.15) is 11.3 Å². The molecule has 0 radical (unpaired) electrons. The summed E-state index contributed by atoms with van der Waals surface area (Å²) < 4.78 is 45.8. The number of carbonyl (C=O) groups is 1. The summed E-state index contributed by atoms with van der Waals surface area (Å²) in [6, 6.07) is 9.91. The summed E-state index contributed by atoms with van der Waals surface area (Å²) in [6.07, 6.45) is 0.107. The summed E-state index contributed by atoms with van der Waals surface area (Å²) in [5.41, 5.74) is 0.659. The van der Waals surface area contributed by atoms with Crippen LogP contribution in [0.3, 0.4) is 0 Å². The maximum atomic E-state index is 14.0. The Morgan fingerprint density at radius 2 is 1.97 bits per heavy atom. The number of carbonyl (C=O) groups excluding carboxylic acids is 1. The number of ether oxygens (including phenoxy) is 1. The van der Waals surface area contributed by atoms with E-state index in [4.69, 9.17) is 9.88 Å². The van der Waals surface area contributed by atoms with Crippen molar-refractivity contribution in [1.29, 1.82) is 0 Å². The molecule has 0 aliphatic rings. The highest BCUT2D eigenvalue weighted by Gasteiger charge is 2.25. The number of rotatable bonds is 6. The maximum Gasteiger partial charge on any atom is 0.358 e. The van der Waals surface area contributed by atoms with Crippen molar-refractivity contribution in [2.24, 2.45) is 5.14 Å². The van der Waals surface area contributed by atoms with Gasteiger partial charge in [0.05, 0.1) is 11.4 Å². The van der Waals surface area contributed by atoms with E-state index in [0.29, 0.717) is 10.5 Å². The fourth-order valence-corrected chi connectivity index (χ4v) is 4.61. The monoisotopic (exact) mass is 532 g/mol. The minimum absolute atomic E-state index is 0.0360. The van der Waals surface area contributed by atoms with Crippen LogP contribution in [0.4, 0.5) is 8.78 Å². The molecule has 188 valence electrons. The molecule has 2 aromatic carbocycles. The van der Waals surface area contributed by atoms with E-state index in [0.717, 1.165) is 28.2 Å². The van der Waals surface area contributed by atoms with Crippen LogP contribution in [0.1, 0.15) is 42.4 Å². The summed E-state index contributed by atoms with van der Waals surface area (Å²) in [7, 11) is 0. The summed E-state index contributed by atoms with van der Waals surface area (Å²) in [5.74, 6) is -3.04. The third-order valence-corrected chi connectivity index (χ3v) is 6.48. The lowest BCUT2D eigenvalue weighted by atomic mass is 10.0. The Labute approximate surface area is 212 Å². The molecule has 1 unspecified atom stereocenters. The van der Waals surface area contributed by atoms with E-state index >= 15 is 0 Å². The average Bonchev–Trinajstić information content (AvgIpc) is 3.40. The molecule has 36 heavy (non-hydrogen) atoms. The third kappa shape index (κ3) is 5.57. The first-order valence-corrected chi connectivity index (χ1v) is 12.7. The Hall–Kier alpha value is -3.32. The topological polar surface area (TPSA) is 126 Å². The summed E-state index contributed by atoms with van der Waals surface area (Å²) in [4.78, 5) is 17.0. The Kier molecular flexibility index (Phi) is 7.14. The summed E-state index contributed by atoms with van der Waals surface area (Å²) in [6.45, 7) is 5.19. The van der Waals surface area contributed by atoms with Gasteiger partial charge in [-0.15, -0.1) is 16.5 Å². The number of hydrogen-bond donors (Lipinski definition) is 2. The fourth-order valence-electron chi connectivity index (χ4n) is 3.38. The molecule has 4 rings (SSSR count). The molecule has 2 heterocycles. The van der Waals surface area contributed by atoms with E-state index in [9.17, 15) is 23.2 Å². The van der Waals surface area contributed by atoms with Crippen molar-refractivity contribution in [2.45, 2.75) is 37.7 Å². The number of benzene rings is 2. The molecule has 4 aromatic rings. The molecule has 12 heteroatoms. The molecule has 0 saturated carbocycles. The Balaban J connectivity index is 1.79. The van der Waals surface area contributed by atoms with Crippen LogP contribution < -0.4 is 5.14 Å². The summed E-state index contributed by atoms with van der Waals surface area (Å²) in [5, 5.41) is 22.7. The maximum absolute atomic E-state index is 14.0. The molecular formula is C24H22F2N4O4S2. The lowest BCUT2D eigenvalue weighted by Crippen LogP contribution is -2.24. The number of thiazole rings is 1. The van der Waals surface area contributed by atoms with Crippen LogP contribution in [0.2, 0.25) is 0 Å². The number of aromatic hydroxyl groups is 1. The van der Waals surface area contributed by atoms with Crippen molar-refractivity contribution >= 4 is 28.7 Å². The van der Waals surface area contributed by atoms with Gasteiger partial charge in [0.2, 0.25) is 11.0 Å². The van der Waals surface area contributed by atoms with Gasteiger partial charge in [0.25, 0.3) is 0 Å². The van der Waals surface area contributed by atoms with Crippen LogP contribution in [0.25, 0.3) is 16.4 Å². The highest BCUT2D eigenvalue weighted by molar-refractivity contribution is 7.89. The highest BCUT2D eigenvalue weighted by Crippen LogP contribution is 2.35. The Morgan fingerprint density at radius 3 is 2.64 bits per heavy atom. The van der Waals surface area contributed by atoms with Gasteiger partial charge in [0.15, 0.2) is 22.2 Å². The van der Waals surface area contributed by atoms with Gasteiger partial charge in [-0.05, 0) is 56.7 Å². The van der Waals surface area contributed by atoms with E-state index in [2.05, 4.69) is 10.1 Å². The van der Waals surface area contributed by atoms with Crippen molar-refractivity contribution in [2.75, 3.05) is 0 Å². The number of nitrogens with zero attached hydrogens (tertiary/aromatic N) is 3. The first kappa shape index (κ1) is 25.8. The van der Waals surface area contributed by atoms with E-state index < -0.39 is 34.6 Å². The van der Waals surface area contributed by atoms with Crippen molar-refractivity contribution in [3.63, 3.8) is 0 Å². The number of nitrogens with two attached hydrogens (primary N) is 1. The highest BCUT2D eigenvalue weighted by atomic mass is 32.2. The van der Waals surface area contributed by atoms with E-state index in [-0.39, 0.29) is 39.9 Å². The largest absolute Gasteiger partial charge is 0.593 e. The molecule has 0 bridgehead atoms. The second kappa shape index (κ2) is 9.97. The molecule has 1 atom stereocenters. The molecular weight excluding hydrogens is 510 g/mol. The Bertz CT molecular complexity index is 1430. The quantitative estimate of drug-likeness (QED) is 0.276. The van der Waals surface area contributed by atoms with Crippen LogP contribution in [-0.2, 0) is 22.5 Å². The summed E-state index contributed by atoms with van der Waals surface area (Å²) >= 11 is -0.666. The Morgan fingerprint density at radius 1 is 1.22 bits per heavy atom. The van der Waals surface area contributed by atoms with E-state index in [1.807, 2.05) is 0 Å². The molecule has 8 nitrogen and oxygen atoms in total. The lowest BCUT2D eigenvalue weighted by molar-refractivity contribution is 0.00635. The van der Waals surface area contributed by atoms with Crippen LogP contribution in [0, 0.1) is 11.6 Å². The number of esters is 1. The van der Waals surface area contributed by atoms with Crippen molar-refractivity contribution < 1.29 is 28.0 Å². The zero-order chi connectivity index (χ0) is 26.2. The molecule has 2 aromatic heterocycles. The number of halogens is 2. The zero-order valence-corrected chi connectivity index (χ0v) is 21.1. The van der Waals surface area contributed by atoms with Gasteiger partial charge in [-0.3, -0.25) is 0 Å². The first-order valence-electron chi connectivity index (χ1n) is 10.6. The van der Waals surface area contributed by atoms with Crippen LogP contribution in [0.5, 0.6) is 5.88 Å². The second-order valence-electron chi connectivity index (χ2n) is 8.83. The molecule has 0 aliphatic carbocycles. The van der Waals surface area contributed by atoms with E-state index in [1.165, 1.54) is 11.4 Å². The van der Waals surface area contributed by atoms with Crippen molar-refractivity contribution in [3.05, 3.63) is 76.3 Å². The standard InChI is InChI=1S/C24H22F2N4O4S2/c1-24(2,3)34-22(32)19-12-35-23(28-19)30-21(31)16(10-13-5-4-6-15(9-13)36(27)33)20(29-30)14-7-8-17(25)18(26)11-14/h4-9,11-12,31H,10,27H2,1-3H3. The van der Waals surface area contributed by atoms with E-state index in [1.54, 1.807) is 45.0 Å². The van der Waals surface area contributed by atoms with Gasteiger partial charge in [-0.25, -0.2) is 18.6 Å². The number of aromatic nitrogens is 3. The molecule has 0 saturated heterocycles. The van der Waals surface area contributed by atoms with Crippen LogP contribution in [-0.4, -0.2) is 36.0 Å². The van der Waals surface area contributed by atoms with Gasteiger partial charge in [0, 0.05) is 22.9 Å². The second-order valence-corrected chi connectivity index (χ2v) is 10.7. The average molecular weight is 533 g/mol. The minimum Gasteiger partial charge on any atom is -0.593 e. The zero-order valence-electron chi connectivity index (χ0n) is 19.5. The van der Waals surface area contributed by atoms with Crippen molar-refractivity contribution in [3.8, 4) is 22.3 Å². The number of hydrogen-bond acceptors (Lipinski definition) is 8. The predicted molar refractivity (Wildman–Crippen MR) is 131 cm³/mol. The van der Waals surface area contributed by atoms with Crippen LogP contribution in [0.15, 0.2) is 52.7 Å². The third-order valence-electron chi connectivity index (χ3n) is 4.94. The molecule has 0 amide bonds. The SMILES string of the molecule is CC(C)(C)OC(=O)c1csc(-n2nc(-c3ccc(F)c(F)c3)c(Cc3cccc([S+](N)[O-])c3)c2O)n1. The molecule has 3 N–H and O–H groups in total. The molecule has 0 spiro atoms. The van der Waals surface area contributed by atoms with Crippen molar-refractivity contribution in [1.82, 2.24) is 14.8 Å². The van der Waals surface area contributed by atoms with Gasteiger partial charge < -0.3 is 14.4 Å². The van der Waals surface area contributed by atoms with Gasteiger partial charge in [-0.1, -0.05) is 12.1 Å². The lowest BCUT2D eigenvalue weighted by Gasteiger charge is -2.18. The molecule has 0 fully saturated rings. The minimum atomic E-state index is -1.71. The van der Waals surface area contributed by atoms with Gasteiger partial charge in [-0.2, -0.15) is 9.78 Å². The first-order chi connectivity index (χ1) is 16.9. The van der Waals surface area contributed by atoms with Crippen LogP contribution >= 0.6 is 11.3 Å². The fraction of sp³-hybridized carbons (Fsp3) is 0.208. The van der Waals surface area contributed by atoms with Gasteiger partial charge >= 0.3 is 5.97 Å². The normalized spacial score (nSPS) is 12.5.